The molecule has 2 saturated heterocycles. The fraction of sp³-hybridized carbons (Fsp3) is 0.400. The van der Waals surface area contributed by atoms with Gasteiger partial charge in [0.05, 0.1) is 5.02 Å². The van der Waals surface area contributed by atoms with Crippen molar-refractivity contribution in [1.82, 2.24) is 20.2 Å². The number of nitrogens with zero attached hydrogens (tertiary/aromatic N) is 4. The number of benzene rings is 3. The number of fused-ring (bicyclic) bond motifs is 4. The van der Waals surface area contributed by atoms with E-state index in [1.165, 1.54) is 0 Å². The highest BCUT2D eigenvalue weighted by Gasteiger charge is 2.36. The van der Waals surface area contributed by atoms with Gasteiger partial charge in [0, 0.05) is 55.0 Å². The normalized spacial score (nSPS) is 23.3. The highest BCUT2D eigenvalue weighted by molar-refractivity contribution is 6.35. The second kappa shape index (κ2) is 11.6. The highest BCUT2D eigenvalue weighted by atomic mass is 35.5. The van der Waals surface area contributed by atoms with Crippen molar-refractivity contribution in [2.45, 2.75) is 49.9 Å². The molecule has 1 aliphatic carbocycles. The fourth-order valence-corrected chi connectivity index (χ4v) is 6.67. The molecule has 218 valence electrons. The third-order valence-corrected chi connectivity index (χ3v) is 8.84. The van der Waals surface area contributed by atoms with Crippen LogP contribution in [0.5, 0.6) is 11.8 Å². The molecule has 7 rings (SSSR count). The Morgan fingerprint density at radius 3 is 2.44 bits per heavy atom. The smallest absolute Gasteiger partial charge is 0.319 e. The zero-order chi connectivity index (χ0) is 26.8. The van der Waals surface area contributed by atoms with Crippen LogP contribution in [0, 0.1) is 5.82 Å². The van der Waals surface area contributed by atoms with Crippen LogP contribution in [0.15, 0.2) is 42.5 Å². The summed E-state index contributed by atoms with van der Waals surface area (Å²) in [6.45, 7) is 1.57. The van der Waals surface area contributed by atoms with Crippen molar-refractivity contribution in [2.24, 2.45) is 0 Å². The van der Waals surface area contributed by atoms with E-state index in [0.717, 1.165) is 49.5 Å². The predicted molar refractivity (Wildman–Crippen MR) is 167 cm³/mol. The van der Waals surface area contributed by atoms with Crippen LogP contribution < -0.4 is 15.0 Å². The van der Waals surface area contributed by atoms with E-state index in [-0.39, 0.29) is 58.8 Å². The van der Waals surface area contributed by atoms with Crippen molar-refractivity contribution in [3.63, 3.8) is 0 Å². The number of aromatic hydroxyl groups is 1. The molecule has 2 aliphatic heterocycles. The van der Waals surface area contributed by atoms with Crippen LogP contribution in [0.3, 0.4) is 0 Å². The number of anilines is 1. The van der Waals surface area contributed by atoms with Crippen LogP contribution in [0.1, 0.15) is 25.7 Å². The molecular weight excluding hydrogens is 588 g/mol. The van der Waals surface area contributed by atoms with Gasteiger partial charge in [-0.1, -0.05) is 35.9 Å². The molecule has 2 N–H and O–H groups in total. The van der Waals surface area contributed by atoms with E-state index in [4.69, 9.17) is 21.3 Å². The third kappa shape index (κ3) is 5.37. The van der Waals surface area contributed by atoms with Gasteiger partial charge in [0.1, 0.15) is 23.2 Å². The summed E-state index contributed by atoms with van der Waals surface area (Å²) in [6, 6.07) is 14.0. The standard InChI is InChI=1S/C30H31ClFN5O2.2ClH/c1-36(2)19-10-21(11-19)39-30-34-28-24(29(35-30)37-14-17-7-8-18(15-37)33-17)13-25(31)26(27(28)32)23-12-20(38)9-16-5-3-4-6-22(16)23;;/h3-6,9,12-13,17-19,21,33,38H,7-8,10-11,14-15H2,1-2H3;2*1H/t17-,18+,19?,21?;;. The number of aromatic nitrogens is 2. The number of halogens is 4. The summed E-state index contributed by atoms with van der Waals surface area (Å²) < 4.78 is 22.8. The largest absolute Gasteiger partial charge is 0.508 e. The summed E-state index contributed by atoms with van der Waals surface area (Å²) >= 11 is 6.83. The molecule has 41 heavy (non-hydrogen) atoms. The molecule has 3 heterocycles. The molecule has 0 radical (unpaired) electrons. The maximum atomic E-state index is 16.6. The molecule has 3 aliphatic rings. The van der Waals surface area contributed by atoms with Gasteiger partial charge in [-0.2, -0.15) is 9.97 Å². The Bertz CT molecular complexity index is 1590. The topological polar surface area (TPSA) is 73.8 Å². The SMILES string of the molecule is CN(C)C1CC(Oc2nc(N3C[C@H]4CC[C@@H](C3)N4)c3cc(Cl)c(-c4cc(O)cc5ccccc45)c(F)c3n2)C1.Cl.Cl. The summed E-state index contributed by atoms with van der Waals surface area (Å²) in [5.74, 6) is 0.160. The lowest BCUT2D eigenvalue weighted by atomic mass is 9.88. The Balaban J connectivity index is 0.00000169. The highest BCUT2D eigenvalue weighted by Crippen LogP contribution is 2.43. The fourth-order valence-electron chi connectivity index (χ4n) is 6.38. The Hall–Kier alpha value is -2.62. The Kier molecular flexibility index (Phi) is 8.43. The van der Waals surface area contributed by atoms with Gasteiger partial charge in [-0.3, -0.25) is 0 Å². The van der Waals surface area contributed by atoms with E-state index in [1.807, 2.05) is 24.3 Å². The number of piperazine rings is 1. The first-order valence-corrected chi connectivity index (χ1v) is 14.0. The van der Waals surface area contributed by atoms with Crippen molar-refractivity contribution in [2.75, 3.05) is 32.1 Å². The van der Waals surface area contributed by atoms with Gasteiger partial charge in [-0.05, 0) is 61.5 Å². The molecule has 1 saturated carbocycles. The second-order valence-electron chi connectivity index (χ2n) is 11.4. The van der Waals surface area contributed by atoms with Crippen molar-refractivity contribution in [3.05, 3.63) is 53.3 Å². The summed E-state index contributed by atoms with van der Waals surface area (Å²) in [5, 5.41) is 16.5. The molecule has 4 aromatic rings. The lowest BCUT2D eigenvalue weighted by Gasteiger charge is -2.39. The summed E-state index contributed by atoms with van der Waals surface area (Å²) in [5.41, 5.74) is 0.908. The van der Waals surface area contributed by atoms with Gasteiger partial charge in [-0.25, -0.2) is 4.39 Å². The second-order valence-corrected chi connectivity index (χ2v) is 11.8. The van der Waals surface area contributed by atoms with Crippen LogP contribution in [0.2, 0.25) is 5.02 Å². The van der Waals surface area contributed by atoms with Crippen LogP contribution in [-0.2, 0) is 0 Å². The molecule has 3 aromatic carbocycles. The van der Waals surface area contributed by atoms with Crippen LogP contribution in [-0.4, -0.2) is 71.4 Å². The van der Waals surface area contributed by atoms with Crippen molar-refractivity contribution in [1.29, 1.82) is 0 Å². The molecule has 0 spiro atoms. The molecule has 2 atom stereocenters. The Morgan fingerprint density at radius 2 is 1.73 bits per heavy atom. The zero-order valence-corrected chi connectivity index (χ0v) is 25.2. The van der Waals surface area contributed by atoms with Crippen molar-refractivity contribution in [3.8, 4) is 22.9 Å². The molecular formula is C30H33Cl3FN5O2. The quantitative estimate of drug-likeness (QED) is 0.275. The number of hydrogen-bond acceptors (Lipinski definition) is 7. The molecule has 11 heteroatoms. The van der Waals surface area contributed by atoms with Crippen LogP contribution in [0.25, 0.3) is 32.8 Å². The molecule has 7 nitrogen and oxygen atoms in total. The van der Waals surface area contributed by atoms with Gasteiger partial charge in [0.15, 0.2) is 5.82 Å². The minimum absolute atomic E-state index is 0. The lowest BCUT2D eigenvalue weighted by Crippen LogP contribution is -2.51. The predicted octanol–water partition coefficient (Wildman–Crippen LogP) is 6.20. The van der Waals surface area contributed by atoms with Gasteiger partial charge in [0.25, 0.3) is 0 Å². The van der Waals surface area contributed by atoms with E-state index in [1.54, 1.807) is 18.2 Å². The number of phenols is 1. The average Bonchev–Trinajstić information content (AvgIpc) is 3.22. The third-order valence-electron chi connectivity index (χ3n) is 8.55. The van der Waals surface area contributed by atoms with E-state index >= 15 is 4.39 Å². The summed E-state index contributed by atoms with van der Waals surface area (Å²) in [4.78, 5) is 13.9. The van der Waals surface area contributed by atoms with Crippen LogP contribution in [0.4, 0.5) is 10.2 Å². The van der Waals surface area contributed by atoms with Gasteiger partial charge < -0.3 is 25.0 Å². The maximum absolute atomic E-state index is 16.6. The summed E-state index contributed by atoms with van der Waals surface area (Å²) in [7, 11) is 4.13. The van der Waals surface area contributed by atoms with E-state index in [0.29, 0.717) is 34.9 Å². The monoisotopic (exact) mass is 619 g/mol. The van der Waals surface area contributed by atoms with Gasteiger partial charge in [0.2, 0.25) is 0 Å². The number of phenolic OH excluding ortho intramolecular Hbond substituents is 1. The number of ether oxygens (including phenoxy) is 1. The first kappa shape index (κ1) is 29.9. The first-order valence-electron chi connectivity index (χ1n) is 13.6. The number of hydrogen-bond donors (Lipinski definition) is 2. The number of rotatable bonds is 5. The number of nitrogens with one attached hydrogen (secondary N) is 1. The van der Waals surface area contributed by atoms with Crippen molar-refractivity contribution < 1.29 is 14.2 Å². The lowest BCUT2D eigenvalue weighted by molar-refractivity contribution is 0.0339. The molecule has 3 fully saturated rings. The molecule has 2 bridgehead atoms. The maximum Gasteiger partial charge on any atom is 0.319 e. The van der Waals surface area contributed by atoms with Crippen LogP contribution >= 0.6 is 36.4 Å². The van der Waals surface area contributed by atoms with E-state index in [9.17, 15) is 5.11 Å². The average molecular weight is 621 g/mol. The minimum Gasteiger partial charge on any atom is -0.508 e. The Labute approximate surface area is 255 Å². The summed E-state index contributed by atoms with van der Waals surface area (Å²) in [6.07, 6.45) is 3.99. The Morgan fingerprint density at radius 1 is 1.02 bits per heavy atom. The van der Waals surface area contributed by atoms with Gasteiger partial charge in [-0.15, -0.1) is 24.8 Å². The van der Waals surface area contributed by atoms with E-state index < -0.39 is 5.82 Å². The van der Waals surface area contributed by atoms with E-state index in [2.05, 4.69) is 34.2 Å². The molecule has 1 aromatic heterocycles. The van der Waals surface area contributed by atoms with Gasteiger partial charge >= 0.3 is 6.01 Å². The minimum atomic E-state index is -0.542. The first-order chi connectivity index (χ1) is 18.8. The molecule has 0 unspecified atom stereocenters. The molecule has 0 amide bonds. The van der Waals surface area contributed by atoms with Crippen molar-refractivity contribution >= 4 is 63.9 Å². The zero-order valence-electron chi connectivity index (χ0n) is 22.8.